The number of rotatable bonds is 1. The van der Waals surface area contributed by atoms with Gasteiger partial charge in [-0.2, -0.15) is 13.2 Å². The van der Waals surface area contributed by atoms with E-state index in [9.17, 15) is 13.2 Å². The molecular formula is C12H15F3N4. The summed E-state index contributed by atoms with van der Waals surface area (Å²) < 4.78 is 37.9. The summed E-state index contributed by atoms with van der Waals surface area (Å²) in [5.74, 6) is 0.989. The van der Waals surface area contributed by atoms with Crippen molar-refractivity contribution in [3.63, 3.8) is 0 Å². The van der Waals surface area contributed by atoms with Crippen molar-refractivity contribution >= 4 is 5.95 Å². The molecule has 2 aliphatic rings. The van der Waals surface area contributed by atoms with Crippen molar-refractivity contribution in [2.45, 2.75) is 25.1 Å². The van der Waals surface area contributed by atoms with Gasteiger partial charge in [-0.15, -0.1) is 0 Å². The first-order valence-electron chi connectivity index (χ1n) is 6.36. The zero-order chi connectivity index (χ0) is 13.6. The molecule has 2 N–H and O–H groups in total. The highest BCUT2D eigenvalue weighted by molar-refractivity contribution is 5.34. The Morgan fingerprint density at radius 2 is 2.05 bits per heavy atom. The van der Waals surface area contributed by atoms with Gasteiger partial charge < -0.3 is 10.6 Å². The van der Waals surface area contributed by atoms with Crippen LogP contribution < -0.4 is 10.6 Å². The zero-order valence-corrected chi connectivity index (χ0v) is 10.3. The minimum Gasteiger partial charge on any atom is -0.340 e. The molecule has 1 aromatic rings. The van der Waals surface area contributed by atoms with Crippen LogP contribution in [0.2, 0.25) is 0 Å². The Hall–Kier alpha value is -1.37. The third-order valence-corrected chi connectivity index (χ3v) is 4.13. The smallest absolute Gasteiger partial charge is 0.340 e. The molecule has 3 atom stereocenters. The summed E-state index contributed by atoms with van der Waals surface area (Å²) in [6.07, 6.45) is -1.21. The van der Waals surface area contributed by atoms with E-state index in [1.54, 1.807) is 0 Å². The average Bonchev–Trinajstić information content (AvgIpc) is 2.91. The van der Waals surface area contributed by atoms with E-state index < -0.39 is 11.9 Å². The van der Waals surface area contributed by atoms with Crippen molar-refractivity contribution in [1.82, 2.24) is 9.97 Å². The number of hydrogen-bond acceptors (Lipinski definition) is 4. The van der Waals surface area contributed by atoms with E-state index in [-0.39, 0.29) is 12.0 Å². The lowest BCUT2D eigenvalue weighted by Gasteiger charge is -2.19. The minimum absolute atomic E-state index is 0.154. The SMILES string of the molecule is NC1CCC2CN(c3nccc(C(F)(F)F)n3)CC12. The highest BCUT2D eigenvalue weighted by atomic mass is 19.4. The van der Waals surface area contributed by atoms with Gasteiger partial charge in [0.2, 0.25) is 5.95 Å². The second-order valence-corrected chi connectivity index (χ2v) is 5.31. The van der Waals surface area contributed by atoms with Gasteiger partial charge in [-0.1, -0.05) is 0 Å². The molecule has 19 heavy (non-hydrogen) atoms. The molecule has 0 aromatic carbocycles. The molecule has 4 nitrogen and oxygen atoms in total. The molecule has 1 aliphatic heterocycles. The molecule has 1 saturated carbocycles. The first-order chi connectivity index (χ1) is 8.95. The van der Waals surface area contributed by atoms with Crippen LogP contribution in [-0.2, 0) is 6.18 Å². The monoisotopic (exact) mass is 272 g/mol. The van der Waals surface area contributed by atoms with Gasteiger partial charge in [-0.3, -0.25) is 0 Å². The third-order valence-electron chi connectivity index (χ3n) is 4.13. The van der Waals surface area contributed by atoms with Crippen LogP contribution in [0.1, 0.15) is 18.5 Å². The predicted octanol–water partition coefficient (Wildman–Crippen LogP) is 1.67. The average molecular weight is 272 g/mol. The molecule has 2 fully saturated rings. The van der Waals surface area contributed by atoms with Crippen LogP contribution in [0.15, 0.2) is 12.3 Å². The number of halogens is 3. The van der Waals surface area contributed by atoms with E-state index in [1.165, 1.54) is 6.20 Å². The normalized spacial score (nSPS) is 30.7. The fraction of sp³-hybridized carbons (Fsp3) is 0.667. The Balaban J connectivity index is 1.81. The number of hydrogen-bond donors (Lipinski definition) is 1. The van der Waals surface area contributed by atoms with Crippen LogP contribution in [0.4, 0.5) is 19.1 Å². The van der Waals surface area contributed by atoms with Crippen molar-refractivity contribution in [2.75, 3.05) is 18.0 Å². The van der Waals surface area contributed by atoms with E-state index in [0.717, 1.165) is 18.9 Å². The Labute approximate surface area is 108 Å². The lowest BCUT2D eigenvalue weighted by atomic mass is 9.98. The van der Waals surface area contributed by atoms with Gasteiger partial charge in [0.15, 0.2) is 0 Å². The van der Waals surface area contributed by atoms with Gasteiger partial charge in [0, 0.05) is 25.3 Å². The second-order valence-electron chi connectivity index (χ2n) is 5.31. The van der Waals surface area contributed by atoms with E-state index in [2.05, 4.69) is 9.97 Å². The van der Waals surface area contributed by atoms with Gasteiger partial charge in [0.05, 0.1) is 0 Å². The van der Waals surface area contributed by atoms with Crippen LogP contribution in [-0.4, -0.2) is 29.1 Å². The highest BCUT2D eigenvalue weighted by Crippen LogP contribution is 2.38. The molecule has 0 bridgehead atoms. The van der Waals surface area contributed by atoms with Crippen LogP contribution >= 0.6 is 0 Å². The number of nitrogens with two attached hydrogens (primary N) is 1. The summed E-state index contributed by atoms with van der Waals surface area (Å²) in [6, 6.07) is 1.05. The standard InChI is InChI=1S/C12H15F3N4/c13-12(14,15)10-3-4-17-11(18-10)19-5-7-1-2-9(16)8(7)6-19/h3-4,7-9H,1-2,5-6,16H2. The molecule has 7 heteroatoms. The number of alkyl halides is 3. The maximum absolute atomic E-state index is 12.6. The molecule has 1 aliphatic carbocycles. The van der Waals surface area contributed by atoms with Crippen LogP contribution in [0.25, 0.3) is 0 Å². The van der Waals surface area contributed by atoms with E-state index in [0.29, 0.717) is 24.9 Å². The molecule has 0 radical (unpaired) electrons. The number of anilines is 1. The fourth-order valence-corrected chi connectivity index (χ4v) is 3.13. The summed E-state index contributed by atoms with van der Waals surface area (Å²) in [7, 11) is 0. The van der Waals surface area contributed by atoms with Crippen LogP contribution in [0.3, 0.4) is 0 Å². The molecule has 2 heterocycles. The Morgan fingerprint density at radius 1 is 1.26 bits per heavy atom. The first-order valence-corrected chi connectivity index (χ1v) is 6.36. The molecule has 3 unspecified atom stereocenters. The fourth-order valence-electron chi connectivity index (χ4n) is 3.13. The van der Waals surface area contributed by atoms with E-state index in [4.69, 9.17) is 5.73 Å². The van der Waals surface area contributed by atoms with Crippen LogP contribution in [0, 0.1) is 11.8 Å². The summed E-state index contributed by atoms with van der Waals surface area (Å²) >= 11 is 0. The number of fused-ring (bicyclic) bond motifs is 1. The van der Waals surface area contributed by atoms with Crippen molar-refractivity contribution in [3.05, 3.63) is 18.0 Å². The Morgan fingerprint density at radius 3 is 2.74 bits per heavy atom. The first kappa shape index (κ1) is 12.7. The quantitative estimate of drug-likeness (QED) is 0.845. The van der Waals surface area contributed by atoms with Gasteiger partial charge in [0.25, 0.3) is 0 Å². The van der Waals surface area contributed by atoms with Crippen molar-refractivity contribution < 1.29 is 13.2 Å². The third kappa shape index (κ3) is 2.27. The molecular weight excluding hydrogens is 257 g/mol. The van der Waals surface area contributed by atoms with Gasteiger partial charge in [-0.25, -0.2) is 9.97 Å². The maximum Gasteiger partial charge on any atom is 0.433 e. The highest BCUT2D eigenvalue weighted by Gasteiger charge is 2.42. The molecule has 0 amide bonds. The topological polar surface area (TPSA) is 55.0 Å². The maximum atomic E-state index is 12.6. The summed E-state index contributed by atoms with van der Waals surface area (Å²) in [6.45, 7) is 1.37. The lowest BCUT2D eigenvalue weighted by molar-refractivity contribution is -0.141. The number of nitrogens with zero attached hydrogens (tertiary/aromatic N) is 3. The van der Waals surface area contributed by atoms with Crippen LogP contribution in [0.5, 0.6) is 0 Å². The molecule has 1 saturated heterocycles. The van der Waals surface area contributed by atoms with Crippen molar-refractivity contribution in [3.8, 4) is 0 Å². The predicted molar refractivity (Wildman–Crippen MR) is 63.4 cm³/mol. The van der Waals surface area contributed by atoms with Crippen molar-refractivity contribution in [1.29, 1.82) is 0 Å². The van der Waals surface area contributed by atoms with Gasteiger partial charge >= 0.3 is 6.18 Å². The number of aromatic nitrogens is 2. The summed E-state index contributed by atoms with van der Waals surface area (Å²) in [5, 5.41) is 0. The largest absolute Gasteiger partial charge is 0.433 e. The van der Waals surface area contributed by atoms with E-state index >= 15 is 0 Å². The minimum atomic E-state index is -4.43. The second kappa shape index (κ2) is 4.33. The molecule has 1 aromatic heterocycles. The molecule has 104 valence electrons. The van der Waals surface area contributed by atoms with Crippen molar-refractivity contribution in [2.24, 2.45) is 17.6 Å². The lowest BCUT2D eigenvalue weighted by Crippen LogP contribution is -2.31. The Kier molecular flexibility index (Phi) is 2.88. The van der Waals surface area contributed by atoms with Gasteiger partial charge in [-0.05, 0) is 30.7 Å². The molecule has 3 rings (SSSR count). The zero-order valence-electron chi connectivity index (χ0n) is 10.3. The summed E-state index contributed by atoms with van der Waals surface area (Å²) in [5.41, 5.74) is 5.12. The summed E-state index contributed by atoms with van der Waals surface area (Å²) in [4.78, 5) is 9.41. The van der Waals surface area contributed by atoms with Gasteiger partial charge in [0.1, 0.15) is 5.69 Å². The Bertz CT molecular complexity index is 476. The van der Waals surface area contributed by atoms with E-state index in [1.807, 2.05) is 4.90 Å². The molecule has 0 spiro atoms.